The van der Waals surface area contributed by atoms with E-state index in [1.807, 2.05) is 0 Å². The van der Waals surface area contributed by atoms with Crippen LogP contribution < -0.4 is 5.32 Å². The molecule has 0 saturated heterocycles. The van der Waals surface area contributed by atoms with Gasteiger partial charge in [0.25, 0.3) is 0 Å². The summed E-state index contributed by atoms with van der Waals surface area (Å²) in [7, 11) is 0. The molecule has 0 bridgehead atoms. The van der Waals surface area contributed by atoms with Gasteiger partial charge in [-0.05, 0) is 61.3 Å². The van der Waals surface area contributed by atoms with Crippen LogP contribution in [0, 0.1) is 25.2 Å². The zero-order valence-electron chi connectivity index (χ0n) is 13.6. The molecule has 0 aliphatic heterocycles. The molecule has 0 aliphatic carbocycles. The quantitative estimate of drug-likeness (QED) is 0.761. The number of rotatable bonds is 7. The first-order chi connectivity index (χ1) is 8.80. The van der Waals surface area contributed by atoms with Crippen LogP contribution >= 0.6 is 0 Å². The summed E-state index contributed by atoms with van der Waals surface area (Å²) in [6.45, 7) is 15.9. The van der Waals surface area contributed by atoms with E-state index >= 15 is 0 Å². The van der Waals surface area contributed by atoms with Gasteiger partial charge in [-0.25, -0.2) is 0 Å². The Balaban J connectivity index is 2.43. The van der Waals surface area contributed by atoms with Crippen LogP contribution in [0.5, 0.6) is 0 Å². The van der Waals surface area contributed by atoms with E-state index in [0.29, 0.717) is 5.41 Å². The first-order valence-corrected chi connectivity index (χ1v) is 7.57. The lowest BCUT2D eigenvalue weighted by molar-refractivity contribution is 0.308. The highest BCUT2D eigenvalue weighted by molar-refractivity contribution is 5.30. The number of hydrogen-bond donors (Lipinski definition) is 1. The Kier molecular flexibility index (Phi) is 6.06. The van der Waals surface area contributed by atoms with Crippen LogP contribution in [0.4, 0.5) is 0 Å². The van der Waals surface area contributed by atoms with Gasteiger partial charge in [0.05, 0.1) is 0 Å². The van der Waals surface area contributed by atoms with Crippen LogP contribution in [0.3, 0.4) is 0 Å². The zero-order chi connectivity index (χ0) is 14.5. The Bertz CT molecular complexity index is 391. The third-order valence-electron chi connectivity index (χ3n) is 3.82. The maximum absolute atomic E-state index is 3.58. The minimum absolute atomic E-state index is 0.369. The molecule has 1 nitrogen and oxygen atoms in total. The lowest BCUT2D eigenvalue weighted by atomic mass is 9.85. The summed E-state index contributed by atoms with van der Waals surface area (Å²) in [6, 6.07) is 6.86. The van der Waals surface area contributed by atoms with Gasteiger partial charge in [0.2, 0.25) is 0 Å². The Morgan fingerprint density at radius 1 is 1.11 bits per heavy atom. The zero-order valence-corrected chi connectivity index (χ0v) is 13.6. The van der Waals surface area contributed by atoms with Gasteiger partial charge < -0.3 is 5.32 Å². The van der Waals surface area contributed by atoms with Gasteiger partial charge in [0.1, 0.15) is 0 Å². The van der Waals surface area contributed by atoms with Crippen molar-refractivity contribution in [2.45, 2.75) is 54.4 Å². The summed E-state index contributed by atoms with van der Waals surface area (Å²) < 4.78 is 0. The first kappa shape index (κ1) is 16.2. The number of benzene rings is 1. The van der Waals surface area contributed by atoms with Crippen LogP contribution in [0.2, 0.25) is 0 Å². The summed E-state index contributed by atoms with van der Waals surface area (Å²) in [4.78, 5) is 0. The molecule has 0 saturated carbocycles. The summed E-state index contributed by atoms with van der Waals surface area (Å²) in [5, 5.41) is 3.58. The topological polar surface area (TPSA) is 12.0 Å². The van der Waals surface area contributed by atoms with E-state index in [-0.39, 0.29) is 0 Å². The van der Waals surface area contributed by atoms with Crippen molar-refractivity contribution in [3.05, 3.63) is 34.9 Å². The largest absolute Gasteiger partial charge is 0.316 e. The van der Waals surface area contributed by atoms with Crippen molar-refractivity contribution >= 4 is 0 Å². The fraction of sp³-hybridized carbons (Fsp3) is 0.667. The second-order valence-corrected chi connectivity index (χ2v) is 7.11. The molecule has 19 heavy (non-hydrogen) atoms. The molecule has 0 amide bonds. The van der Waals surface area contributed by atoms with Gasteiger partial charge in [-0.15, -0.1) is 0 Å². The smallest absolute Gasteiger partial charge is 0.000274 e. The van der Waals surface area contributed by atoms with Crippen LogP contribution in [-0.2, 0) is 6.42 Å². The Labute approximate surface area is 119 Å². The molecule has 0 unspecified atom stereocenters. The normalized spacial score (nSPS) is 12.2. The summed E-state index contributed by atoms with van der Waals surface area (Å²) in [6.07, 6.45) is 2.41. The van der Waals surface area contributed by atoms with Crippen molar-refractivity contribution in [1.82, 2.24) is 5.32 Å². The van der Waals surface area contributed by atoms with Crippen LogP contribution in [0.25, 0.3) is 0 Å². The molecular weight excluding hydrogens is 230 g/mol. The molecule has 0 spiro atoms. The van der Waals surface area contributed by atoms with Gasteiger partial charge in [-0.2, -0.15) is 0 Å². The molecule has 0 aromatic heterocycles. The van der Waals surface area contributed by atoms with Crippen LogP contribution in [-0.4, -0.2) is 13.1 Å². The summed E-state index contributed by atoms with van der Waals surface area (Å²) in [5.74, 6) is 0.732. The first-order valence-electron chi connectivity index (χ1n) is 7.57. The maximum atomic E-state index is 3.58. The SMILES string of the molecule is Cc1ccc(CCC(C)(C)CNCC(C)C)cc1C. The Morgan fingerprint density at radius 3 is 2.37 bits per heavy atom. The van der Waals surface area contributed by atoms with E-state index < -0.39 is 0 Å². The van der Waals surface area contributed by atoms with Gasteiger partial charge >= 0.3 is 0 Å². The van der Waals surface area contributed by atoms with Crippen molar-refractivity contribution in [3.63, 3.8) is 0 Å². The molecule has 1 N–H and O–H groups in total. The summed E-state index contributed by atoms with van der Waals surface area (Å²) >= 11 is 0. The van der Waals surface area contributed by atoms with E-state index in [4.69, 9.17) is 0 Å². The van der Waals surface area contributed by atoms with Crippen molar-refractivity contribution < 1.29 is 0 Å². The minimum Gasteiger partial charge on any atom is -0.316 e. The van der Waals surface area contributed by atoms with E-state index in [1.165, 1.54) is 29.5 Å². The molecular formula is C18H31N. The molecule has 0 atom stereocenters. The Hall–Kier alpha value is -0.820. The molecule has 1 rings (SSSR count). The van der Waals surface area contributed by atoms with E-state index in [1.54, 1.807) is 0 Å². The van der Waals surface area contributed by atoms with Crippen LogP contribution in [0.1, 0.15) is 50.8 Å². The molecule has 0 heterocycles. The molecule has 0 aliphatic rings. The minimum atomic E-state index is 0.369. The monoisotopic (exact) mass is 261 g/mol. The van der Waals surface area contributed by atoms with Crippen molar-refractivity contribution in [1.29, 1.82) is 0 Å². The lowest BCUT2D eigenvalue weighted by Gasteiger charge is -2.26. The highest BCUT2D eigenvalue weighted by Gasteiger charge is 2.17. The maximum Gasteiger partial charge on any atom is 0.000274 e. The van der Waals surface area contributed by atoms with Crippen molar-refractivity contribution in [3.8, 4) is 0 Å². The lowest BCUT2D eigenvalue weighted by Crippen LogP contribution is -2.32. The predicted molar refractivity (Wildman–Crippen MR) is 85.7 cm³/mol. The van der Waals surface area contributed by atoms with Gasteiger partial charge in [-0.1, -0.05) is 45.9 Å². The average Bonchev–Trinajstić information content (AvgIpc) is 2.30. The van der Waals surface area contributed by atoms with Crippen molar-refractivity contribution in [2.24, 2.45) is 11.3 Å². The van der Waals surface area contributed by atoms with E-state index in [2.05, 4.69) is 65.1 Å². The average molecular weight is 261 g/mol. The fourth-order valence-corrected chi connectivity index (χ4v) is 2.23. The molecule has 0 fully saturated rings. The fourth-order valence-electron chi connectivity index (χ4n) is 2.23. The standard InChI is InChI=1S/C18H31N/c1-14(2)12-19-13-18(5,6)10-9-17-8-7-15(3)16(4)11-17/h7-8,11,14,19H,9-10,12-13H2,1-6H3. The molecule has 1 aromatic carbocycles. The number of nitrogens with one attached hydrogen (secondary N) is 1. The summed E-state index contributed by atoms with van der Waals surface area (Å²) in [5.41, 5.74) is 4.64. The highest BCUT2D eigenvalue weighted by atomic mass is 14.9. The Morgan fingerprint density at radius 2 is 1.79 bits per heavy atom. The number of hydrogen-bond acceptors (Lipinski definition) is 1. The third-order valence-corrected chi connectivity index (χ3v) is 3.82. The molecule has 1 aromatic rings. The van der Waals surface area contributed by atoms with E-state index in [0.717, 1.165) is 19.0 Å². The van der Waals surface area contributed by atoms with Crippen LogP contribution in [0.15, 0.2) is 18.2 Å². The van der Waals surface area contributed by atoms with Gasteiger partial charge in [-0.3, -0.25) is 0 Å². The second kappa shape index (κ2) is 7.09. The molecule has 1 heteroatoms. The number of aryl methyl sites for hydroxylation is 3. The van der Waals surface area contributed by atoms with Gasteiger partial charge in [0.15, 0.2) is 0 Å². The third kappa shape index (κ3) is 6.24. The van der Waals surface area contributed by atoms with Gasteiger partial charge in [0, 0.05) is 6.54 Å². The highest BCUT2D eigenvalue weighted by Crippen LogP contribution is 2.23. The predicted octanol–water partition coefficient (Wildman–Crippen LogP) is 4.51. The second-order valence-electron chi connectivity index (χ2n) is 7.11. The van der Waals surface area contributed by atoms with E-state index in [9.17, 15) is 0 Å². The molecule has 108 valence electrons. The molecule has 0 radical (unpaired) electrons. The van der Waals surface area contributed by atoms with Crippen molar-refractivity contribution in [2.75, 3.05) is 13.1 Å².